The largest absolute Gasteiger partial charge is 0.475 e. The lowest BCUT2D eigenvalue weighted by atomic mass is 10.2. The van der Waals surface area contributed by atoms with Gasteiger partial charge in [-0.3, -0.25) is 32.7 Å². The molecule has 0 unspecified atom stereocenters. The molecule has 11 nitrogen and oxygen atoms in total. The van der Waals surface area contributed by atoms with Crippen LogP contribution in [-0.4, -0.2) is 55.1 Å². The molecule has 0 saturated carbocycles. The Kier molecular flexibility index (Phi) is 10.4. The molecule has 1 saturated heterocycles. The SMILES string of the molecule is CC(=O)O[C@H]1C[C@H](n2ccc(=O)[nH]c2=O)O[C@@H]1COP(=O)(OCC(Cl)(Cl)Cl)OCC(Cl)(Cl)Cl. The van der Waals surface area contributed by atoms with Gasteiger partial charge in [0.05, 0.1) is 6.61 Å². The Bertz CT molecular complexity index is 970. The fourth-order valence-corrected chi connectivity index (χ4v) is 4.63. The molecule has 188 valence electrons. The number of nitrogens with one attached hydrogen (secondary N) is 1. The van der Waals surface area contributed by atoms with Crippen LogP contribution in [0.25, 0.3) is 0 Å². The number of hydrogen-bond acceptors (Lipinski definition) is 9. The number of phosphoric acid groups is 1. The van der Waals surface area contributed by atoms with Gasteiger partial charge in [0.1, 0.15) is 31.6 Å². The van der Waals surface area contributed by atoms with Crippen molar-refractivity contribution in [2.75, 3.05) is 19.8 Å². The summed E-state index contributed by atoms with van der Waals surface area (Å²) in [6.45, 7) is -0.772. The third kappa shape index (κ3) is 10.2. The van der Waals surface area contributed by atoms with Crippen molar-refractivity contribution in [2.45, 2.75) is 39.4 Å². The van der Waals surface area contributed by atoms with E-state index in [1.54, 1.807) is 0 Å². The molecule has 1 aromatic heterocycles. The summed E-state index contributed by atoms with van der Waals surface area (Å²) in [5.74, 6) is -0.647. The molecule has 1 aliphatic heterocycles. The number of aromatic amines is 1. The lowest BCUT2D eigenvalue weighted by molar-refractivity contribution is -0.150. The molecule has 0 bridgehead atoms. The third-order valence-corrected chi connectivity index (χ3v) is 5.84. The van der Waals surface area contributed by atoms with Crippen LogP contribution in [0.1, 0.15) is 19.6 Å². The summed E-state index contributed by atoms with van der Waals surface area (Å²) in [6.07, 6.45) is -1.71. The summed E-state index contributed by atoms with van der Waals surface area (Å²) < 4.78 is 36.2. The molecule has 2 heterocycles. The summed E-state index contributed by atoms with van der Waals surface area (Å²) >= 11 is 33.6. The monoisotopic (exact) mass is 610 g/mol. The maximum atomic E-state index is 13.0. The first-order valence-corrected chi connectivity index (χ1v) is 12.6. The Morgan fingerprint density at radius 2 is 1.73 bits per heavy atom. The van der Waals surface area contributed by atoms with Crippen molar-refractivity contribution in [3.63, 3.8) is 0 Å². The summed E-state index contributed by atoms with van der Waals surface area (Å²) in [6, 6.07) is 1.11. The van der Waals surface area contributed by atoms with Gasteiger partial charge in [-0.2, -0.15) is 0 Å². The zero-order valence-corrected chi connectivity index (χ0v) is 22.0. The maximum Gasteiger partial charge on any atom is 0.475 e. The number of phosphoric ester groups is 1. The van der Waals surface area contributed by atoms with E-state index in [-0.39, 0.29) is 6.42 Å². The van der Waals surface area contributed by atoms with Gasteiger partial charge in [0.25, 0.3) is 5.56 Å². The van der Waals surface area contributed by atoms with Gasteiger partial charge < -0.3 is 9.47 Å². The van der Waals surface area contributed by atoms with E-state index in [0.717, 1.165) is 17.6 Å². The van der Waals surface area contributed by atoms with Crippen molar-refractivity contribution in [3.8, 4) is 0 Å². The predicted octanol–water partition coefficient (Wildman–Crippen LogP) is 3.65. The summed E-state index contributed by atoms with van der Waals surface area (Å²) in [5.41, 5.74) is -1.36. The van der Waals surface area contributed by atoms with Crippen molar-refractivity contribution in [1.29, 1.82) is 0 Å². The van der Waals surface area contributed by atoms with E-state index in [4.69, 9.17) is 92.7 Å². The van der Waals surface area contributed by atoms with E-state index in [1.165, 1.54) is 6.20 Å². The van der Waals surface area contributed by atoms with E-state index in [9.17, 15) is 18.9 Å². The van der Waals surface area contributed by atoms with E-state index < -0.39 is 70.9 Å². The first-order valence-electron chi connectivity index (χ1n) is 8.88. The molecule has 3 atom stereocenters. The summed E-state index contributed by atoms with van der Waals surface area (Å²) in [4.78, 5) is 36.9. The van der Waals surface area contributed by atoms with Gasteiger partial charge in [0, 0.05) is 25.6 Å². The first-order chi connectivity index (χ1) is 15.1. The molecule has 0 aliphatic carbocycles. The Balaban J connectivity index is 2.17. The van der Waals surface area contributed by atoms with E-state index in [2.05, 4.69) is 4.98 Å². The first kappa shape index (κ1) is 29.2. The topological polar surface area (TPSA) is 135 Å². The number of H-pyrrole nitrogens is 1. The molecule has 1 aromatic rings. The minimum absolute atomic E-state index is 0.00781. The Hall–Kier alpha value is -0.0400. The number of nitrogens with zero attached hydrogens (tertiary/aromatic N) is 1. The van der Waals surface area contributed by atoms with Gasteiger partial charge in [-0.1, -0.05) is 69.6 Å². The van der Waals surface area contributed by atoms with Gasteiger partial charge in [0.2, 0.25) is 7.59 Å². The minimum atomic E-state index is -4.48. The summed E-state index contributed by atoms with van der Waals surface area (Å²) in [7, 11) is -4.48. The highest BCUT2D eigenvalue weighted by Gasteiger charge is 2.42. The Morgan fingerprint density at radius 3 is 2.21 bits per heavy atom. The quantitative estimate of drug-likeness (QED) is 0.252. The van der Waals surface area contributed by atoms with Gasteiger partial charge in [-0.25, -0.2) is 9.36 Å². The van der Waals surface area contributed by atoms with Crippen LogP contribution in [0.4, 0.5) is 0 Å². The van der Waals surface area contributed by atoms with E-state index in [1.807, 2.05) is 0 Å². The average Bonchev–Trinajstić information content (AvgIpc) is 3.04. The molecule has 33 heavy (non-hydrogen) atoms. The number of rotatable bonds is 9. The lowest BCUT2D eigenvalue weighted by Crippen LogP contribution is -2.32. The maximum absolute atomic E-state index is 13.0. The fraction of sp³-hybridized carbons (Fsp3) is 0.667. The zero-order chi connectivity index (χ0) is 25.0. The normalized spacial score (nSPS) is 21.8. The van der Waals surface area contributed by atoms with Gasteiger partial charge >= 0.3 is 19.5 Å². The van der Waals surface area contributed by atoms with Crippen LogP contribution < -0.4 is 11.2 Å². The smallest absolute Gasteiger partial charge is 0.460 e. The molecule has 2 rings (SSSR count). The lowest BCUT2D eigenvalue weighted by Gasteiger charge is -2.24. The fourth-order valence-electron chi connectivity index (χ4n) is 2.59. The van der Waals surface area contributed by atoms with Crippen LogP contribution in [0.15, 0.2) is 21.9 Å². The number of esters is 1. The Labute approximate surface area is 217 Å². The number of alkyl halides is 6. The van der Waals surface area contributed by atoms with Crippen LogP contribution in [-0.2, 0) is 32.4 Å². The van der Waals surface area contributed by atoms with Gasteiger partial charge in [-0.05, 0) is 0 Å². The van der Waals surface area contributed by atoms with E-state index >= 15 is 0 Å². The number of carbonyl (C=O) groups excluding carboxylic acids is 1. The van der Waals surface area contributed by atoms with Crippen molar-refractivity contribution in [2.24, 2.45) is 0 Å². The molecule has 0 aromatic carbocycles. The molecular weight excluding hydrogens is 596 g/mol. The van der Waals surface area contributed by atoms with Gasteiger partial charge in [-0.15, -0.1) is 0 Å². The number of carbonyl (C=O) groups is 1. The van der Waals surface area contributed by atoms with Crippen molar-refractivity contribution in [3.05, 3.63) is 33.1 Å². The van der Waals surface area contributed by atoms with E-state index in [0.29, 0.717) is 0 Å². The highest BCUT2D eigenvalue weighted by atomic mass is 35.6. The molecule has 18 heteroatoms. The van der Waals surface area contributed by atoms with Crippen LogP contribution in [0.2, 0.25) is 0 Å². The average molecular weight is 613 g/mol. The van der Waals surface area contributed by atoms with Crippen molar-refractivity contribution >= 4 is 83.4 Å². The molecule has 1 N–H and O–H groups in total. The number of hydrogen-bond donors (Lipinski definition) is 1. The van der Waals surface area contributed by atoms with Crippen molar-refractivity contribution < 1.29 is 32.4 Å². The second-order valence-corrected chi connectivity index (χ2v) is 13.3. The minimum Gasteiger partial charge on any atom is -0.460 e. The van der Waals surface area contributed by atoms with Crippen LogP contribution in [0.5, 0.6) is 0 Å². The highest BCUT2D eigenvalue weighted by Crippen LogP contribution is 2.53. The highest BCUT2D eigenvalue weighted by molar-refractivity contribution is 7.48. The number of halogens is 6. The Morgan fingerprint density at radius 1 is 1.15 bits per heavy atom. The number of aromatic nitrogens is 2. The zero-order valence-electron chi connectivity index (χ0n) is 16.6. The predicted molar refractivity (Wildman–Crippen MR) is 121 cm³/mol. The molecule has 1 fully saturated rings. The van der Waals surface area contributed by atoms with Crippen LogP contribution >= 0.6 is 77.4 Å². The standard InChI is InChI=1S/C15H17Cl6N2O9P/c1-8(24)31-9-4-12(23-3-2-11(25)22-13(23)26)32-10(9)5-28-33(27,29-6-14(16,17)18)30-7-15(19,20)21/h2-3,9-10,12H,4-7H2,1H3,(H,22,25,26)/t9-,10+,12+/m0/s1. The van der Waals surface area contributed by atoms with Crippen LogP contribution in [0, 0.1) is 0 Å². The van der Waals surface area contributed by atoms with Gasteiger partial charge in [0.15, 0.2) is 0 Å². The van der Waals surface area contributed by atoms with Crippen LogP contribution in [0.3, 0.4) is 0 Å². The second kappa shape index (κ2) is 11.8. The molecular formula is C15H17Cl6N2O9P. The molecule has 0 spiro atoms. The third-order valence-electron chi connectivity index (χ3n) is 3.83. The van der Waals surface area contributed by atoms with Crippen molar-refractivity contribution in [1.82, 2.24) is 9.55 Å². The second-order valence-electron chi connectivity index (χ2n) is 6.55. The molecule has 1 aliphatic rings. The molecule has 0 amide bonds. The summed E-state index contributed by atoms with van der Waals surface area (Å²) in [5, 5.41) is 0. The molecule has 0 radical (unpaired) electrons. The number of ether oxygens (including phenoxy) is 2.